The zero-order chi connectivity index (χ0) is 15.6. The molecule has 2 aliphatic heterocycles. The number of fused-ring (bicyclic) bond motifs is 2. The maximum absolute atomic E-state index is 10.4. The normalized spacial score (nSPS) is 19.8. The van der Waals surface area contributed by atoms with Crippen LogP contribution in [-0.4, -0.2) is 25.1 Å². The third kappa shape index (κ3) is 2.85. The lowest BCUT2D eigenvalue weighted by Crippen LogP contribution is -2.30. The molecule has 0 unspecified atom stereocenters. The van der Waals surface area contributed by atoms with E-state index in [1.807, 2.05) is 36.4 Å². The molecule has 0 amide bonds. The predicted octanol–water partition coefficient (Wildman–Crippen LogP) is 2.56. The van der Waals surface area contributed by atoms with Gasteiger partial charge in [0, 0.05) is 24.6 Å². The highest BCUT2D eigenvalue weighted by atomic mass is 16.7. The standard InChI is InChI=1S/C18H19NO4/c20-15(12-5-6-17-18(9-12)23-11-22-17)10-19-14-7-8-21-16-4-2-1-3-13(14)16/h1-6,9,14-15,19-20H,7-8,10-11H2/t14-,15+/m0/s1. The number of rotatable bonds is 4. The summed E-state index contributed by atoms with van der Waals surface area (Å²) in [7, 11) is 0. The van der Waals surface area contributed by atoms with E-state index >= 15 is 0 Å². The first-order valence-corrected chi connectivity index (χ1v) is 7.84. The number of hydrogen-bond donors (Lipinski definition) is 2. The molecule has 4 rings (SSSR count). The Morgan fingerprint density at radius 3 is 2.87 bits per heavy atom. The first-order chi connectivity index (χ1) is 11.3. The van der Waals surface area contributed by atoms with Gasteiger partial charge in [-0.15, -0.1) is 0 Å². The molecule has 120 valence electrons. The zero-order valence-electron chi connectivity index (χ0n) is 12.7. The quantitative estimate of drug-likeness (QED) is 0.908. The summed E-state index contributed by atoms with van der Waals surface area (Å²) in [5, 5.41) is 13.9. The summed E-state index contributed by atoms with van der Waals surface area (Å²) < 4.78 is 16.3. The molecular formula is C18H19NO4. The van der Waals surface area contributed by atoms with Gasteiger partial charge >= 0.3 is 0 Å². The van der Waals surface area contributed by atoms with Gasteiger partial charge in [-0.25, -0.2) is 0 Å². The summed E-state index contributed by atoms with van der Waals surface area (Å²) in [5.41, 5.74) is 1.97. The van der Waals surface area contributed by atoms with E-state index in [0.717, 1.165) is 29.0 Å². The SMILES string of the molecule is O[C@H](CN[C@H]1CCOc2ccccc21)c1ccc2c(c1)OCO2. The molecule has 0 spiro atoms. The molecule has 2 aromatic rings. The third-order valence-electron chi connectivity index (χ3n) is 4.30. The first kappa shape index (κ1) is 14.4. The lowest BCUT2D eigenvalue weighted by atomic mass is 10.00. The Hall–Kier alpha value is -2.24. The van der Waals surface area contributed by atoms with Crippen molar-refractivity contribution < 1.29 is 19.3 Å². The van der Waals surface area contributed by atoms with Crippen molar-refractivity contribution in [1.82, 2.24) is 5.32 Å². The molecule has 2 aliphatic rings. The molecule has 2 aromatic carbocycles. The van der Waals surface area contributed by atoms with Crippen molar-refractivity contribution in [2.75, 3.05) is 19.9 Å². The number of ether oxygens (including phenoxy) is 3. The van der Waals surface area contributed by atoms with Crippen LogP contribution >= 0.6 is 0 Å². The van der Waals surface area contributed by atoms with Crippen molar-refractivity contribution in [2.24, 2.45) is 0 Å². The summed E-state index contributed by atoms with van der Waals surface area (Å²) in [5.74, 6) is 2.35. The van der Waals surface area contributed by atoms with Crippen LogP contribution in [0.4, 0.5) is 0 Å². The highest BCUT2D eigenvalue weighted by Crippen LogP contribution is 2.35. The molecule has 23 heavy (non-hydrogen) atoms. The maximum atomic E-state index is 10.4. The Morgan fingerprint density at radius 2 is 1.91 bits per heavy atom. The van der Waals surface area contributed by atoms with Crippen LogP contribution in [0.2, 0.25) is 0 Å². The van der Waals surface area contributed by atoms with Gasteiger partial charge < -0.3 is 24.6 Å². The van der Waals surface area contributed by atoms with E-state index in [1.54, 1.807) is 0 Å². The van der Waals surface area contributed by atoms with Crippen LogP contribution < -0.4 is 19.5 Å². The topological polar surface area (TPSA) is 60.0 Å². The Morgan fingerprint density at radius 1 is 1.04 bits per heavy atom. The highest BCUT2D eigenvalue weighted by molar-refractivity contribution is 5.45. The minimum Gasteiger partial charge on any atom is -0.493 e. The Labute approximate surface area is 134 Å². The summed E-state index contributed by atoms with van der Waals surface area (Å²) >= 11 is 0. The van der Waals surface area contributed by atoms with Crippen molar-refractivity contribution >= 4 is 0 Å². The van der Waals surface area contributed by atoms with Crippen molar-refractivity contribution in [1.29, 1.82) is 0 Å². The second kappa shape index (κ2) is 6.10. The second-order valence-corrected chi connectivity index (χ2v) is 5.76. The van der Waals surface area contributed by atoms with Gasteiger partial charge in [-0.2, -0.15) is 0 Å². The minimum atomic E-state index is -0.598. The molecule has 0 saturated carbocycles. The Kier molecular flexibility index (Phi) is 3.81. The maximum Gasteiger partial charge on any atom is 0.231 e. The molecular weight excluding hydrogens is 294 g/mol. The predicted molar refractivity (Wildman–Crippen MR) is 84.8 cm³/mol. The lowest BCUT2D eigenvalue weighted by Gasteiger charge is -2.27. The fourth-order valence-corrected chi connectivity index (χ4v) is 3.05. The molecule has 0 bridgehead atoms. The van der Waals surface area contributed by atoms with Crippen molar-refractivity contribution in [3.05, 3.63) is 53.6 Å². The van der Waals surface area contributed by atoms with Crippen LogP contribution in [-0.2, 0) is 0 Å². The van der Waals surface area contributed by atoms with Gasteiger partial charge in [0.1, 0.15) is 5.75 Å². The smallest absolute Gasteiger partial charge is 0.231 e. The van der Waals surface area contributed by atoms with Gasteiger partial charge in [-0.3, -0.25) is 0 Å². The van der Waals surface area contributed by atoms with Crippen LogP contribution in [0.5, 0.6) is 17.2 Å². The Bertz CT molecular complexity index is 703. The van der Waals surface area contributed by atoms with Gasteiger partial charge in [-0.05, 0) is 23.8 Å². The monoisotopic (exact) mass is 313 g/mol. The van der Waals surface area contributed by atoms with Crippen molar-refractivity contribution in [3.63, 3.8) is 0 Å². The molecule has 2 atom stereocenters. The van der Waals surface area contributed by atoms with E-state index in [9.17, 15) is 5.11 Å². The fourth-order valence-electron chi connectivity index (χ4n) is 3.05. The van der Waals surface area contributed by atoms with Gasteiger partial charge in [-0.1, -0.05) is 24.3 Å². The number of hydrogen-bond acceptors (Lipinski definition) is 5. The molecule has 0 aromatic heterocycles. The summed E-state index contributed by atoms with van der Waals surface area (Å²) in [4.78, 5) is 0. The average molecular weight is 313 g/mol. The number of nitrogens with one attached hydrogen (secondary N) is 1. The van der Waals surface area contributed by atoms with E-state index < -0.39 is 6.10 Å². The first-order valence-electron chi connectivity index (χ1n) is 7.84. The molecule has 2 N–H and O–H groups in total. The van der Waals surface area contributed by atoms with E-state index in [1.165, 1.54) is 0 Å². The largest absolute Gasteiger partial charge is 0.493 e. The van der Waals surface area contributed by atoms with Gasteiger partial charge in [0.05, 0.1) is 12.7 Å². The van der Waals surface area contributed by atoms with Crippen LogP contribution in [0.15, 0.2) is 42.5 Å². The molecule has 5 nitrogen and oxygen atoms in total. The number of aliphatic hydroxyl groups is 1. The van der Waals surface area contributed by atoms with Crippen molar-refractivity contribution in [3.8, 4) is 17.2 Å². The zero-order valence-corrected chi connectivity index (χ0v) is 12.7. The minimum absolute atomic E-state index is 0.198. The fraction of sp³-hybridized carbons (Fsp3) is 0.333. The highest BCUT2D eigenvalue weighted by Gasteiger charge is 2.22. The van der Waals surface area contributed by atoms with Gasteiger partial charge in [0.15, 0.2) is 11.5 Å². The molecule has 2 heterocycles. The molecule has 5 heteroatoms. The van der Waals surface area contributed by atoms with Crippen LogP contribution in [0.3, 0.4) is 0 Å². The number of para-hydroxylation sites is 1. The molecule has 0 radical (unpaired) electrons. The molecule has 0 saturated heterocycles. The van der Waals surface area contributed by atoms with Gasteiger partial charge in [0.25, 0.3) is 0 Å². The second-order valence-electron chi connectivity index (χ2n) is 5.76. The molecule has 0 aliphatic carbocycles. The van der Waals surface area contributed by atoms with Crippen LogP contribution in [0.1, 0.15) is 29.7 Å². The van der Waals surface area contributed by atoms with Gasteiger partial charge in [0.2, 0.25) is 6.79 Å². The van der Waals surface area contributed by atoms with Crippen LogP contribution in [0.25, 0.3) is 0 Å². The average Bonchev–Trinajstić information content (AvgIpc) is 3.07. The van der Waals surface area contributed by atoms with E-state index in [0.29, 0.717) is 18.9 Å². The van der Waals surface area contributed by atoms with E-state index in [4.69, 9.17) is 14.2 Å². The van der Waals surface area contributed by atoms with E-state index in [2.05, 4.69) is 11.4 Å². The van der Waals surface area contributed by atoms with Crippen LogP contribution in [0, 0.1) is 0 Å². The summed E-state index contributed by atoms with van der Waals surface area (Å²) in [6.07, 6.45) is 0.296. The third-order valence-corrected chi connectivity index (χ3v) is 4.30. The summed E-state index contributed by atoms with van der Waals surface area (Å²) in [6.45, 7) is 1.40. The number of aliphatic hydroxyl groups excluding tert-OH is 1. The van der Waals surface area contributed by atoms with Crippen molar-refractivity contribution in [2.45, 2.75) is 18.6 Å². The molecule has 0 fully saturated rings. The Balaban J connectivity index is 1.43. The lowest BCUT2D eigenvalue weighted by molar-refractivity contribution is 0.161. The number of benzene rings is 2. The summed E-state index contributed by atoms with van der Waals surface area (Å²) in [6, 6.07) is 13.8. The van der Waals surface area contributed by atoms with E-state index in [-0.39, 0.29) is 12.8 Å².